The molecule has 0 saturated carbocycles. The molecule has 5 heteroatoms. The van der Waals surface area contributed by atoms with Gasteiger partial charge in [-0.05, 0) is 19.1 Å². The van der Waals surface area contributed by atoms with Crippen molar-refractivity contribution in [1.29, 1.82) is 0 Å². The van der Waals surface area contributed by atoms with Crippen LogP contribution in [-0.4, -0.2) is 19.6 Å². The molecule has 0 radical (unpaired) electrons. The van der Waals surface area contributed by atoms with Crippen molar-refractivity contribution in [1.82, 2.24) is 0 Å². The number of hydrogen-bond donors (Lipinski definition) is 2. The van der Waals surface area contributed by atoms with Crippen molar-refractivity contribution >= 4 is 27.6 Å². The number of guanidine groups is 1. The molecule has 1 aromatic rings. The molecule has 0 bridgehead atoms. The lowest BCUT2D eigenvalue weighted by Crippen LogP contribution is -2.22. The number of hydrogen-bond acceptors (Lipinski definition) is 2. The van der Waals surface area contributed by atoms with Gasteiger partial charge in [0.05, 0.1) is 7.11 Å². The molecular formula is C10H14BrN3O. The molecule has 0 aliphatic rings. The number of methoxy groups -OCH3 is 1. The molecular weight excluding hydrogens is 258 g/mol. The molecule has 0 unspecified atom stereocenters. The first-order valence-electron chi connectivity index (χ1n) is 4.57. The smallest absolute Gasteiger partial charge is 0.193 e. The van der Waals surface area contributed by atoms with Crippen LogP contribution in [0.3, 0.4) is 0 Å². The number of nitrogens with two attached hydrogens (primary N) is 1. The molecule has 0 aromatic heterocycles. The molecule has 0 atom stereocenters. The van der Waals surface area contributed by atoms with Gasteiger partial charge in [-0.1, -0.05) is 15.9 Å². The summed E-state index contributed by atoms with van der Waals surface area (Å²) in [5.41, 5.74) is 6.48. The lowest BCUT2D eigenvalue weighted by Gasteiger charge is -2.08. The minimum absolute atomic E-state index is 0.401. The van der Waals surface area contributed by atoms with Crippen molar-refractivity contribution in [3.05, 3.63) is 22.7 Å². The summed E-state index contributed by atoms with van der Waals surface area (Å²) in [6.07, 6.45) is 0. The van der Waals surface area contributed by atoms with Crippen molar-refractivity contribution in [2.24, 2.45) is 10.7 Å². The van der Waals surface area contributed by atoms with Gasteiger partial charge >= 0.3 is 0 Å². The number of nitrogens with one attached hydrogen (secondary N) is 1. The second kappa shape index (κ2) is 5.60. The monoisotopic (exact) mass is 271 g/mol. The van der Waals surface area contributed by atoms with E-state index in [1.165, 1.54) is 0 Å². The quantitative estimate of drug-likeness (QED) is 0.655. The Morgan fingerprint density at radius 2 is 2.27 bits per heavy atom. The number of aliphatic imine (C=N–C) groups is 1. The number of ether oxygens (including phenoxy) is 1. The van der Waals surface area contributed by atoms with Gasteiger partial charge in [0, 0.05) is 22.8 Å². The number of halogens is 1. The fraction of sp³-hybridized carbons (Fsp3) is 0.300. The largest absolute Gasteiger partial charge is 0.497 e. The highest BCUT2D eigenvalue weighted by Gasteiger charge is 2.00. The van der Waals surface area contributed by atoms with Gasteiger partial charge in [-0.2, -0.15) is 0 Å². The fourth-order valence-electron chi connectivity index (χ4n) is 1.11. The van der Waals surface area contributed by atoms with Crippen molar-refractivity contribution in [3.8, 4) is 5.75 Å². The summed E-state index contributed by atoms with van der Waals surface area (Å²) in [6.45, 7) is 2.58. The van der Waals surface area contributed by atoms with Gasteiger partial charge < -0.3 is 15.8 Å². The van der Waals surface area contributed by atoms with Crippen LogP contribution >= 0.6 is 15.9 Å². The highest BCUT2D eigenvalue weighted by molar-refractivity contribution is 9.10. The summed E-state index contributed by atoms with van der Waals surface area (Å²) in [5, 5.41) is 2.98. The molecule has 15 heavy (non-hydrogen) atoms. The van der Waals surface area contributed by atoms with Crippen LogP contribution in [0.5, 0.6) is 5.75 Å². The minimum atomic E-state index is 0.401. The van der Waals surface area contributed by atoms with E-state index in [2.05, 4.69) is 26.2 Å². The van der Waals surface area contributed by atoms with Crippen molar-refractivity contribution in [2.45, 2.75) is 6.92 Å². The van der Waals surface area contributed by atoms with Gasteiger partial charge in [-0.3, -0.25) is 4.99 Å². The van der Waals surface area contributed by atoms with Crippen molar-refractivity contribution in [3.63, 3.8) is 0 Å². The number of rotatable bonds is 3. The number of benzene rings is 1. The van der Waals surface area contributed by atoms with Crippen LogP contribution < -0.4 is 15.8 Å². The SMILES string of the molecule is CCN=C(N)Nc1cc(Br)cc(OC)c1. The summed E-state index contributed by atoms with van der Waals surface area (Å²) in [5.74, 6) is 1.16. The minimum Gasteiger partial charge on any atom is -0.497 e. The summed E-state index contributed by atoms with van der Waals surface area (Å²) in [4.78, 5) is 4.03. The first-order chi connectivity index (χ1) is 7.15. The van der Waals surface area contributed by atoms with E-state index in [9.17, 15) is 0 Å². The first kappa shape index (κ1) is 11.8. The second-order valence-electron chi connectivity index (χ2n) is 2.86. The zero-order valence-electron chi connectivity index (χ0n) is 8.75. The molecule has 0 amide bonds. The molecule has 0 fully saturated rings. The predicted molar refractivity (Wildman–Crippen MR) is 66.5 cm³/mol. The highest BCUT2D eigenvalue weighted by atomic mass is 79.9. The van der Waals surface area contributed by atoms with E-state index in [1.54, 1.807) is 7.11 Å². The first-order valence-corrected chi connectivity index (χ1v) is 5.36. The lowest BCUT2D eigenvalue weighted by atomic mass is 10.3. The van der Waals surface area contributed by atoms with Gasteiger partial charge in [0.25, 0.3) is 0 Å². The normalized spacial score (nSPS) is 11.3. The lowest BCUT2D eigenvalue weighted by molar-refractivity contribution is 0.415. The van der Waals surface area contributed by atoms with E-state index in [1.807, 2.05) is 25.1 Å². The van der Waals surface area contributed by atoms with Crippen LogP contribution in [0, 0.1) is 0 Å². The predicted octanol–water partition coefficient (Wildman–Crippen LogP) is 2.20. The van der Waals surface area contributed by atoms with Crippen molar-refractivity contribution < 1.29 is 4.74 Å². The molecule has 0 aliphatic carbocycles. The molecule has 0 aliphatic heterocycles. The topological polar surface area (TPSA) is 59.6 Å². The number of nitrogens with zero attached hydrogens (tertiary/aromatic N) is 1. The fourth-order valence-corrected chi connectivity index (χ4v) is 1.58. The summed E-state index contributed by atoms with van der Waals surface area (Å²) in [6, 6.07) is 5.63. The third kappa shape index (κ3) is 3.79. The van der Waals surface area contributed by atoms with Crippen LogP contribution in [-0.2, 0) is 0 Å². The summed E-state index contributed by atoms with van der Waals surface area (Å²) < 4.78 is 6.05. The Kier molecular flexibility index (Phi) is 4.42. The Labute approximate surface area is 97.7 Å². The van der Waals surface area contributed by atoms with Crippen LogP contribution in [0.2, 0.25) is 0 Å². The molecule has 4 nitrogen and oxygen atoms in total. The van der Waals surface area contributed by atoms with Gasteiger partial charge in [-0.25, -0.2) is 0 Å². The van der Waals surface area contributed by atoms with E-state index >= 15 is 0 Å². The molecule has 1 rings (SSSR count). The average Bonchev–Trinajstić information content (AvgIpc) is 2.17. The zero-order chi connectivity index (χ0) is 11.3. The van der Waals surface area contributed by atoms with Crippen LogP contribution in [0.1, 0.15) is 6.92 Å². The molecule has 1 aromatic carbocycles. The third-order valence-electron chi connectivity index (χ3n) is 1.71. The molecule has 0 spiro atoms. The molecule has 82 valence electrons. The molecule has 3 N–H and O–H groups in total. The standard InChI is InChI=1S/C10H14BrN3O/c1-3-13-10(12)14-8-4-7(11)5-9(6-8)15-2/h4-6H,3H2,1-2H3,(H3,12,13,14). The van der Waals surface area contributed by atoms with Crippen LogP contribution in [0.15, 0.2) is 27.7 Å². The van der Waals surface area contributed by atoms with Crippen LogP contribution in [0.4, 0.5) is 5.69 Å². The summed E-state index contributed by atoms with van der Waals surface area (Å²) in [7, 11) is 1.62. The van der Waals surface area contributed by atoms with Gasteiger partial charge in [0.15, 0.2) is 5.96 Å². The Hall–Kier alpha value is -1.23. The third-order valence-corrected chi connectivity index (χ3v) is 2.17. The summed E-state index contributed by atoms with van der Waals surface area (Å²) >= 11 is 3.38. The van der Waals surface area contributed by atoms with Gasteiger partial charge in [-0.15, -0.1) is 0 Å². The van der Waals surface area contributed by atoms with Gasteiger partial charge in [0.1, 0.15) is 5.75 Å². The van der Waals surface area contributed by atoms with E-state index < -0.39 is 0 Å². The second-order valence-corrected chi connectivity index (χ2v) is 3.78. The number of anilines is 1. The van der Waals surface area contributed by atoms with E-state index in [0.717, 1.165) is 15.9 Å². The van der Waals surface area contributed by atoms with E-state index in [0.29, 0.717) is 12.5 Å². The maximum atomic E-state index is 5.64. The Bertz CT molecular complexity index is 366. The van der Waals surface area contributed by atoms with Crippen LogP contribution in [0.25, 0.3) is 0 Å². The van der Waals surface area contributed by atoms with E-state index in [4.69, 9.17) is 10.5 Å². The zero-order valence-corrected chi connectivity index (χ0v) is 10.3. The van der Waals surface area contributed by atoms with Crippen molar-refractivity contribution in [2.75, 3.05) is 19.0 Å². The van der Waals surface area contributed by atoms with Gasteiger partial charge in [0.2, 0.25) is 0 Å². The molecule has 0 saturated heterocycles. The Morgan fingerprint density at radius 1 is 1.53 bits per heavy atom. The maximum Gasteiger partial charge on any atom is 0.193 e. The highest BCUT2D eigenvalue weighted by Crippen LogP contribution is 2.24. The Balaban J connectivity index is 2.85. The molecule has 0 heterocycles. The maximum absolute atomic E-state index is 5.64. The Morgan fingerprint density at radius 3 is 2.87 bits per heavy atom. The average molecular weight is 272 g/mol. The van der Waals surface area contributed by atoms with E-state index in [-0.39, 0.29) is 0 Å².